The molecule has 0 fully saturated rings. The number of nitrogen functional groups attached to an aromatic ring is 1. The van der Waals surface area contributed by atoms with Crippen LogP contribution < -0.4 is 5.73 Å². The molecule has 0 spiro atoms. The fraction of sp³-hybridized carbons (Fsp3) is 0.250. The number of imidazole rings is 1. The topological polar surface area (TPSA) is 43.8 Å². The zero-order chi connectivity index (χ0) is 12.6. The van der Waals surface area contributed by atoms with Gasteiger partial charge in [-0.15, -0.1) is 0 Å². The summed E-state index contributed by atoms with van der Waals surface area (Å²) in [6.45, 7) is 2.68. The first-order valence-electron chi connectivity index (χ1n) is 5.16. The molecule has 0 atom stereocenters. The third kappa shape index (κ3) is 2.43. The highest BCUT2D eigenvalue weighted by atomic mass is 19.3. The largest absolute Gasteiger partial charge is 0.399 e. The van der Waals surface area contributed by atoms with Crippen molar-refractivity contribution in [3.05, 3.63) is 42.0 Å². The fourth-order valence-electron chi connectivity index (χ4n) is 1.60. The molecule has 2 rings (SSSR count). The maximum atomic E-state index is 13.3. The number of nitrogens with two attached hydrogens (primary N) is 1. The van der Waals surface area contributed by atoms with Crippen molar-refractivity contribution < 1.29 is 8.78 Å². The molecule has 90 valence electrons. The summed E-state index contributed by atoms with van der Waals surface area (Å²) >= 11 is 0. The highest BCUT2D eigenvalue weighted by molar-refractivity contribution is 5.52. The Balaban J connectivity index is 2.52. The molecule has 0 amide bonds. The minimum Gasteiger partial charge on any atom is -0.399 e. The number of rotatable bonds is 2. The van der Waals surface area contributed by atoms with Crippen LogP contribution in [-0.4, -0.2) is 9.55 Å². The molecule has 0 aliphatic rings. The van der Waals surface area contributed by atoms with Crippen molar-refractivity contribution in [2.24, 2.45) is 0 Å². The highest BCUT2D eigenvalue weighted by Gasteiger charge is 2.25. The van der Waals surface area contributed by atoms with Gasteiger partial charge in [0.2, 0.25) is 0 Å². The zero-order valence-electron chi connectivity index (χ0n) is 9.61. The van der Waals surface area contributed by atoms with Gasteiger partial charge in [-0.25, -0.2) is 13.8 Å². The molecule has 0 saturated carbocycles. The first kappa shape index (κ1) is 11.6. The fourth-order valence-corrected chi connectivity index (χ4v) is 1.60. The molecule has 1 heterocycles. The predicted molar refractivity (Wildman–Crippen MR) is 62.3 cm³/mol. The van der Waals surface area contributed by atoms with E-state index in [0.29, 0.717) is 11.4 Å². The van der Waals surface area contributed by atoms with Crippen molar-refractivity contribution >= 4 is 5.69 Å². The smallest absolute Gasteiger partial charge is 0.270 e. The van der Waals surface area contributed by atoms with Crippen LogP contribution in [0.2, 0.25) is 0 Å². The molecule has 17 heavy (non-hydrogen) atoms. The van der Waals surface area contributed by atoms with Crippen molar-refractivity contribution in [1.82, 2.24) is 9.55 Å². The summed E-state index contributed by atoms with van der Waals surface area (Å²) in [5, 5.41) is 0. The lowest BCUT2D eigenvalue weighted by Crippen LogP contribution is -2.08. The molecular weight excluding hydrogens is 224 g/mol. The van der Waals surface area contributed by atoms with E-state index < -0.39 is 5.92 Å². The predicted octanol–water partition coefficient (Wildman–Crippen LogP) is 2.87. The Morgan fingerprint density at radius 1 is 1.29 bits per heavy atom. The van der Waals surface area contributed by atoms with E-state index in [2.05, 4.69) is 4.98 Å². The van der Waals surface area contributed by atoms with Gasteiger partial charge in [0, 0.05) is 30.1 Å². The molecule has 0 unspecified atom stereocenters. The third-order valence-electron chi connectivity index (χ3n) is 2.46. The van der Waals surface area contributed by atoms with Gasteiger partial charge in [-0.1, -0.05) is 0 Å². The molecule has 0 radical (unpaired) electrons. The lowest BCUT2D eigenvalue weighted by atomic mass is 10.1. The van der Waals surface area contributed by atoms with Crippen molar-refractivity contribution in [3.63, 3.8) is 0 Å². The number of benzene rings is 1. The third-order valence-corrected chi connectivity index (χ3v) is 2.46. The van der Waals surface area contributed by atoms with Gasteiger partial charge in [-0.05, 0) is 25.1 Å². The Bertz CT molecular complexity index is 541. The average Bonchev–Trinajstić information content (AvgIpc) is 2.62. The standard InChI is InChI=1S/C12H13F2N3/c1-8-6-17(7-16-8)11-4-9(12(2,13)14)3-10(15)5-11/h3-7H,15H2,1-2H3. The van der Waals surface area contributed by atoms with Gasteiger partial charge in [0.15, 0.2) is 0 Å². The zero-order valence-corrected chi connectivity index (χ0v) is 9.61. The van der Waals surface area contributed by atoms with Crippen LogP contribution in [0.25, 0.3) is 5.69 Å². The molecule has 5 heteroatoms. The summed E-state index contributed by atoms with van der Waals surface area (Å²) in [5.74, 6) is -2.90. The van der Waals surface area contributed by atoms with Gasteiger partial charge in [0.05, 0.1) is 12.0 Å². The second-order valence-electron chi connectivity index (χ2n) is 4.12. The van der Waals surface area contributed by atoms with E-state index in [1.807, 2.05) is 6.92 Å². The van der Waals surface area contributed by atoms with Gasteiger partial charge in [0.1, 0.15) is 0 Å². The number of halogens is 2. The Hall–Kier alpha value is -1.91. The average molecular weight is 237 g/mol. The summed E-state index contributed by atoms with van der Waals surface area (Å²) in [5.41, 5.74) is 7.25. The van der Waals surface area contributed by atoms with E-state index in [9.17, 15) is 8.78 Å². The summed E-state index contributed by atoms with van der Waals surface area (Å²) in [4.78, 5) is 4.05. The van der Waals surface area contributed by atoms with E-state index in [0.717, 1.165) is 12.6 Å². The van der Waals surface area contributed by atoms with Crippen LogP contribution >= 0.6 is 0 Å². The molecule has 3 nitrogen and oxygen atoms in total. The van der Waals surface area contributed by atoms with Crippen LogP contribution in [0.5, 0.6) is 0 Å². The van der Waals surface area contributed by atoms with Gasteiger partial charge in [-0.2, -0.15) is 0 Å². The van der Waals surface area contributed by atoms with E-state index in [4.69, 9.17) is 5.73 Å². The number of nitrogens with zero attached hydrogens (tertiary/aromatic N) is 2. The molecular formula is C12H13F2N3. The number of alkyl halides is 2. The summed E-state index contributed by atoms with van der Waals surface area (Å²) in [6, 6.07) is 4.33. The SMILES string of the molecule is Cc1cn(-c2cc(N)cc(C(C)(F)F)c2)cn1. The monoisotopic (exact) mass is 237 g/mol. The van der Waals surface area contributed by atoms with Crippen LogP contribution in [0.4, 0.5) is 14.5 Å². The van der Waals surface area contributed by atoms with E-state index >= 15 is 0 Å². The molecule has 2 aromatic rings. The number of aromatic nitrogens is 2. The molecule has 0 saturated heterocycles. The van der Waals surface area contributed by atoms with Crippen LogP contribution in [-0.2, 0) is 5.92 Å². The molecule has 1 aromatic carbocycles. The van der Waals surface area contributed by atoms with Crippen molar-refractivity contribution in [2.45, 2.75) is 19.8 Å². The van der Waals surface area contributed by atoms with Crippen LogP contribution in [0.15, 0.2) is 30.7 Å². The molecule has 0 aliphatic heterocycles. The van der Waals surface area contributed by atoms with Gasteiger partial charge < -0.3 is 10.3 Å². The van der Waals surface area contributed by atoms with Gasteiger partial charge in [0.25, 0.3) is 5.92 Å². The Labute approximate surface area is 97.9 Å². The molecule has 1 aromatic heterocycles. The Kier molecular flexibility index (Phi) is 2.61. The maximum absolute atomic E-state index is 13.3. The number of anilines is 1. The van der Waals surface area contributed by atoms with E-state index in [1.54, 1.807) is 23.2 Å². The van der Waals surface area contributed by atoms with Crippen molar-refractivity contribution in [1.29, 1.82) is 0 Å². The highest BCUT2D eigenvalue weighted by Crippen LogP contribution is 2.30. The van der Waals surface area contributed by atoms with Crippen molar-refractivity contribution in [3.8, 4) is 5.69 Å². The van der Waals surface area contributed by atoms with Crippen molar-refractivity contribution in [2.75, 3.05) is 5.73 Å². The normalized spacial score (nSPS) is 11.8. The second kappa shape index (κ2) is 3.84. The van der Waals surface area contributed by atoms with Gasteiger partial charge in [-0.3, -0.25) is 0 Å². The minimum absolute atomic E-state index is 0.0983. The number of hydrogen-bond donors (Lipinski definition) is 1. The maximum Gasteiger partial charge on any atom is 0.270 e. The van der Waals surface area contributed by atoms with Crippen LogP contribution in [0.1, 0.15) is 18.2 Å². The second-order valence-corrected chi connectivity index (χ2v) is 4.12. The molecule has 0 aliphatic carbocycles. The van der Waals surface area contributed by atoms with Crippen LogP contribution in [0.3, 0.4) is 0 Å². The van der Waals surface area contributed by atoms with E-state index in [1.165, 1.54) is 12.1 Å². The van der Waals surface area contributed by atoms with Gasteiger partial charge >= 0.3 is 0 Å². The summed E-state index contributed by atoms with van der Waals surface area (Å²) in [7, 11) is 0. The Morgan fingerprint density at radius 3 is 2.53 bits per heavy atom. The summed E-state index contributed by atoms with van der Waals surface area (Å²) in [6.07, 6.45) is 3.33. The van der Waals surface area contributed by atoms with E-state index in [-0.39, 0.29) is 5.56 Å². The minimum atomic E-state index is -2.90. The lowest BCUT2D eigenvalue weighted by molar-refractivity contribution is 0.0175. The Morgan fingerprint density at radius 2 is 2.00 bits per heavy atom. The first-order valence-corrected chi connectivity index (χ1v) is 5.16. The number of aryl methyl sites for hydroxylation is 1. The first-order chi connectivity index (χ1) is 7.86. The quantitative estimate of drug-likeness (QED) is 0.816. The molecule has 2 N–H and O–H groups in total. The van der Waals surface area contributed by atoms with Crippen LogP contribution in [0, 0.1) is 6.92 Å². The molecule has 0 bridgehead atoms. The lowest BCUT2D eigenvalue weighted by Gasteiger charge is -2.13. The summed E-state index contributed by atoms with van der Waals surface area (Å²) < 4.78 is 28.2. The number of hydrogen-bond acceptors (Lipinski definition) is 2.